The van der Waals surface area contributed by atoms with Crippen LogP contribution in [0, 0.1) is 0 Å². The number of anilines is 2. The van der Waals surface area contributed by atoms with Crippen molar-refractivity contribution in [1.29, 1.82) is 0 Å². The van der Waals surface area contributed by atoms with Crippen LogP contribution < -0.4 is 10.6 Å². The number of rotatable bonds is 7. The van der Waals surface area contributed by atoms with Crippen molar-refractivity contribution in [1.82, 2.24) is 9.46 Å². The summed E-state index contributed by atoms with van der Waals surface area (Å²) in [6.45, 7) is 9.63. The zero-order valence-corrected chi connectivity index (χ0v) is 17.9. The Hall–Kier alpha value is -2.39. The maximum absolute atomic E-state index is 12.5. The van der Waals surface area contributed by atoms with Crippen LogP contribution in [-0.2, 0) is 20.2 Å². The van der Waals surface area contributed by atoms with Crippen molar-refractivity contribution in [2.24, 2.45) is 0 Å². The molecule has 1 aromatic heterocycles. The molecule has 1 aromatic carbocycles. The molecule has 28 heavy (non-hydrogen) atoms. The second kappa shape index (κ2) is 8.32. The highest BCUT2D eigenvalue weighted by atomic mass is 32.2. The molecule has 0 aliphatic rings. The molecule has 2 aromatic rings. The van der Waals surface area contributed by atoms with Crippen LogP contribution in [0.15, 0.2) is 39.8 Å². The topological polar surface area (TPSA) is 105 Å². The van der Waals surface area contributed by atoms with Crippen molar-refractivity contribution in [3.8, 4) is 0 Å². The van der Waals surface area contributed by atoms with Crippen molar-refractivity contribution in [2.45, 2.75) is 51.0 Å². The fraction of sp³-hybridized carbons (Fsp3) is 0.474. The Morgan fingerprint density at radius 3 is 2.32 bits per heavy atom. The summed E-state index contributed by atoms with van der Waals surface area (Å²) in [6, 6.07) is 7.84. The van der Waals surface area contributed by atoms with Crippen LogP contribution in [-0.4, -0.2) is 43.4 Å². The first-order valence-corrected chi connectivity index (χ1v) is 10.4. The molecule has 0 atom stereocenters. The lowest BCUT2D eigenvalue weighted by atomic mass is 9.92. The summed E-state index contributed by atoms with van der Waals surface area (Å²) in [5.41, 5.74) is 1.21. The largest absolute Gasteiger partial charge is 0.376 e. The minimum atomic E-state index is -3.53. The van der Waals surface area contributed by atoms with E-state index in [0.717, 1.165) is 5.69 Å². The van der Waals surface area contributed by atoms with Crippen LogP contribution in [0.1, 0.15) is 40.3 Å². The minimum absolute atomic E-state index is 0.00352. The first kappa shape index (κ1) is 21.9. The minimum Gasteiger partial charge on any atom is -0.376 e. The summed E-state index contributed by atoms with van der Waals surface area (Å²) >= 11 is 0. The molecule has 1 amide bonds. The van der Waals surface area contributed by atoms with Gasteiger partial charge in [-0.3, -0.25) is 10.1 Å². The fourth-order valence-corrected chi connectivity index (χ4v) is 3.61. The van der Waals surface area contributed by atoms with Gasteiger partial charge in [-0.15, -0.1) is 0 Å². The molecule has 2 N–H and O–H groups in total. The van der Waals surface area contributed by atoms with E-state index in [1.54, 1.807) is 25.2 Å². The van der Waals surface area contributed by atoms with Crippen LogP contribution >= 0.6 is 0 Å². The lowest BCUT2D eigenvalue weighted by Gasteiger charge is -2.21. The van der Waals surface area contributed by atoms with Crippen molar-refractivity contribution in [3.63, 3.8) is 0 Å². The molecule has 0 fully saturated rings. The molecule has 8 nitrogen and oxygen atoms in total. The van der Waals surface area contributed by atoms with Gasteiger partial charge < -0.3 is 9.84 Å². The SMILES string of the molecule is CC(C)N(C)S(=O)(=O)c1ccc(NCC(=O)Nc2cc(C(C)(C)C)no2)cc1. The van der Waals surface area contributed by atoms with Gasteiger partial charge in [-0.1, -0.05) is 25.9 Å². The van der Waals surface area contributed by atoms with Gasteiger partial charge in [0.25, 0.3) is 0 Å². The predicted octanol–water partition coefficient (Wildman–Crippen LogP) is 3.05. The number of hydrogen-bond donors (Lipinski definition) is 2. The Kier molecular flexibility index (Phi) is 6.51. The van der Waals surface area contributed by atoms with Gasteiger partial charge in [0.1, 0.15) is 0 Å². The van der Waals surface area contributed by atoms with Gasteiger partial charge in [-0.25, -0.2) is 8.42 Å². The average molecular weight is 409 g/mol. The van der Waals surface area contributed by atoms with Crippen LogP contribution in [0.3, 0.4) is 0 Å². The Balaban J connectivity index is 1.94. The average Bonchev–Trinajstić information content (AvgIpc) is 3.08. The molecular weight excluding hydrogens is 380 g/mol. The number of aromatic nitrogens is 1. The van der Waals surface area contributed by atoms with E-state index in [-0.39, 0.29) is 34.7 Å². The summed E-state index contributed by atoms with van der Waals surface area (Å²) < 4.78 is 31.3. The third kappa shape index (κ3) is 5.32. The summed E-state index contributed by atoms with van der Waals surface area (Å²) in [4.78, 5) is 12.3. The quantitative estimate of drug-likeness (QED) is 0.730. The van der Waals surface area contributed by atoms with E-state index in [1.165, 1.54) is 16.4 Å². The molecular formula is C19H28N4O4S. The van der Waals surface area contributed by atoms with Gasteiger partial charge >= 0.3 is 0 Å². The van der Waals surface area contributed by atoms with Gasteiger partial charge in [0.2, 0.25) is 21.8 Å². The van der Waals surface area contributed by atoms with Gasteiger partial charge in [0.15, 0.2) is 0 Å². The monoisotopic (exact) mass is 408 g/mol. The van der Waals surface area contributed by atoms with Crippen molar-refractivity contribution in [3.05, 3.63) is 36.0 Å². The van der Waals surface area contributed by atoms with Crippen LogP contribution in [0.5, 0.6) is 0 Å². The van der Waals surface area contributed by atoms with Crippen molar-refractivity contribution < 1.29 is 17.7 Å². The van der Waals surface area contributed by atoms with E-state index in [0.29, 0.717) is 5.69 Å². The van der Waals surface area contributed by atoms with E-state index < -0.39 is 10.0 Å². The zero-order valence-electron chi connectivity index (χ0n) is 17.1. The smallest absolute Gasteiger partial charge is 0.246 e. The van der Waals surface area contributed by atoms with Gasteiger partial charge in [-0.2, -0.15) is 4.31 Å². The van der Waals surface area contributed by atoms with Gasteiger partial charge in [0.05, 0.1) is 17.1 Å². The second-order valence-corrected chi connectivity index (χ2v) is 9.87. The maximum atomic E-state index is 12.5. The molecule has 0 spiro atoms. The Morgan fingerprint density at radius 2 is 1.82 bits per heavy atom. The Bertz CT molecular complexity index is 912. The number of nitrogens with one attached hydrogen (secondary N) is 2. The van der Waals surface area contributed by atoms with Crippen LogP contribution in [0.25, 0.3) is 0 Å². The number of carbonyl (C=O) groups is 1. The number of carbonyl (C=O) groups excluding carboxylic acids is 1. The number of nitrogens with zero attached hydrogens (tertiary/aromatic N) is 2. The lowest BCUT2D eigenvalue weighted by Crippen LogP contribution is -2.33. The summed E-state index contributed by atoms with van der Waals surface area (Å²) in [6.07, 6.45) is 0. The highest BCUT2D eigenvalue weighted by molar-refractivity contribution is 7.89. The number of sulfonamides is 1. The van der Waals surface area contributed by atoms with Gasteiger partial charge in [-0.05, 0) is 38.1 Å². The number of amides is 1. The van der Waals surface area contributed by atoms with Gasteiger partial charge in [0, 0.05) is 30.3 Å². The lowest BCUT2D eigenvalue weighted by molar-refractivity contribution is -0.114. The first-order valence-electron chi connectivity index (χ1n) is 9.00. The Labute approximate surface area is 166 Å². The summed E-state index contributed by atoms with van der Waals surface area (Å²) in [5, 5.41) is 9.53. The first-order chi connectivity index (χ1) is 12.9. The highest BCUT2D eigenvalue weighted by Gasteiger charge is 2.23. The number of hydrogen-bond acceptors (Lipinski definition) is 6. The number of benzene rings is 1. The molecule has 1 heterocycles. The van der Waals surface area contributed by atoms with E-state index in [2.05, 4.69) is 15.8 Å². The summed E-state index contributed by atoms with van der Waals surface area (Å²) in [5.74, 6) is -0.0114. The van der Waals surface area contributed by atoms with Crippen LogP contribution in [0.4, 0.5) is 11.6 Å². The molecule has 0 radical (unpaired) electrons. The molecule has 2 rings (SSSR count). The normalized spacial score (nSPS) is 12.4. The molecule has 0 bridgehead atoms. The van der Waals surface area contributed by atoms with E-state index in [9.17, 15) is 13.2 Å². The molecule has 9 heteroatoms. The molecule has 0 saturated heterocycles. The third-order valence-electron chi connectivity index (χ3n) is 4.25. The van der Waals surface area contributed by atoms with E-state index >= 15 is 0 Å². The Morgan fingerprint density at radius 1 is 1.21 bits per heavy atom. The zero-order chi connectivity index (χ0) is 21.1. The molecule has 0 saturated carbocycles. The van der Waals surface area contributed by atoms with Crippen LogP contribution in [0.2, 0.25) is 0 Å². The standard InChI is InChI=1S/C19H28N4O4S/c1-13(2)23(6)28(25,26)15-9-7-14(8-10-15)20-12-17(24)21-18-11-16(22-27-18)19(3,4)5/h7-11,13,20H,12H2,1-6H3,(H,21,24). The molecule has 0 unspecified atom stereocenters. The molecule has 0 aliphatic heterocycles. The summed E-state index contributed by atoms with van der Waals surface area (Å²) in [7, 11) is -1.98. The van der Waals surface area contributed by atoms with E-state index in [4.69, 9.17) is 4.52 Å². The molecule has 154 valence electrons. The fourth-order valence-electron chi connectivity index (χ4n) is 2.24. The second-order valence-electron chi connectivity index (χ2n) is 7.87. The maximum Gasteiger partial charge on any atom is 0.246 e. The highest BCUT2D eigenvalue weighted by Crippen LogP contribution is 2.23. The third-order valence-corrected chi connectivity index (χ3v) is 6.30. The van der Waals surface area contributed by atoms with E-state index in [1.807, 2.05) is 34.6 Å². The molecule has 0 aliphatic carbocycles. The van der Waals surface area contributed by atoms with Crippen molar-refractivity contribution in [2.75, 3.05) is 24.2 Å². The van der Waals surface area contributed by atoms with Crippen molar-refractivity contribution >= 4 is 27.5 Å². The predicted molar refractivity (Wildman–Crippen MR) is 109 cm³/mol.